The lowest BCUT2D eigenvalue weighted by atomic mass is 10.2. The molecule has 6 heteroatoms. The standard InChI is InChI=1S/C22H32N4O2/c1-4-23-22(25(2)17-18-10-5-6-11-20(18)27-3)24-16-19(21-12-9-15-28-21)26-13-7-8-14-26/h5-6,9-12,15,19H,4,7-8,13-14,16-17H2,1-3H3,(H,23,24). The van der Waals surface area contributed by atoms with Gasteiger partial charge in [-0.05, 0) is 51.1 Å². The highest BCUT2D eigenvalue weighted by Gasteiger charge is 2.25. The van der Waals surface area contributed by atoms with Gasteiger partial charge in [0.15, 0.2) is 5.96 Å². The molecule has 0 amide bonds. The minimum absolute atomic E-state index is 0.186. The number of guanidine groups is 1. The Balaban J connectivity index is 1.74. The van der Waals surface area contributed by atoms with Crippen molar-refractivity contribution >= 4 is 5.96 Å². The second kappa shape index (κ2) is 10.2. The first-order valence-electron chi connectivity index (χ1n) is 10.1. The largest absolute Gasteiger partial charge is 0.496 e. The summed E-state index contributed by atoms with van der Waals surface area (Å²) in [5.41, 5.74) is 1.14. The fourth-order valence-electron chi connectivity index (χ4n) is 3.73. The van der Waals surface area contributed by atoms with E-state index in [2.05, 4.69) is 41.2 Å². The van der Waals surface area contributed by atoms with Gasteiger partial charge in [-0.1, -0.05) is 18.2 Å². The summed E-state index contributed by atoms with van der Waals surface area (Å²) in [6.45, 7) is 6.53. The van der Waals surface area contributed by atoms with Gasteiger partial charge in [0, 0.05) is 25.7 Å². The zero-order chi connectivity index (χ0) is 19.8. The van der Waals surface area contributed by atoms with Crippen LogP contribution in [0.3, 0.4) is 0 Å². The molecule has 1 aliphatic heterocycles. The molecule has 0 radical (unpaired) electrons. The van der Waals surface area contributed by atoms with E-state index >= 15 is 0 Å². The molecule has 1 N–H and O–H groups in total. The van der Waals surface area contributed by atoms with E-state index < -0.39 is 0 Å². The summed E-state index contributed by atoms with van der Waals surface area (Å²) in [6, 6.07) is 12.3. The van der Waals surface area contributed by atoms with Crippen LogP contribution in [0, 0.1) is 0 Å². The molecule has 1 aromatic heterocycles. The van der Waals surface area contributed by atoms with Crippen molar-refractivity contribution < 1.29 is 9.15 Å². The predicted octanol–water partition coefficient (Wildman–Crippen LogP) is 3.52. The average Bonchev–Trinajstić information content (AvgIpc) is 3.42. The second-order valence-electron chi connectivity index (χ2n) is 7.14. The highest BCUT2D eigenvalue weighted by atomic mass is 16.5. The maximum Gasteiger partial charge on any atom is 0.194 e. The molecule has 3 rings (SSSR count). The number of likely N-dealkylation sites (tertiary alicyclic amines) is 1. The molecule has 28 heavy (non-hydrogen) atoms. The summed E-state index contributed by atoms with van der Waals surface area (Å²) in [4.78, 5) is 9.58. The quantitative estimate of drug-likeness (QED) is 0.557. The third-order valence-electron chi connectivity index (χ3n) is 5.16. The minimum Gasteiger partial charge on any atom is -0.496 e. The Morgan fingerprint density at radius 1 is 1.25 bits per heavy atom. The summed E-state index contributed by atoms with van der Waals surface area (Å²) >= 11 is 0. The van der Waals surface area contributed by atoms with Crippen molar-refractivity contribution in [3.05, 3.63) is 54.0 Å². The number of para-hydroxylation sites is 1. The van der Waals surface area contributed by atoms with Gasteiger partial charge in [0.05, 0.1) is 26.0 Å². The van der Waals surface area contributed by atoms with Crippen LogP contribution in [0.25, 0.3) is 0 Å². The number of hydrogen-bond donors (Lipinski definition) is 1. The van der Waals surface area contributed by atoms with Crippen molar-refractivity contribution in [2.45, 2.75) is 32.4 Å². The second-order valence-corrected chi connectivity index (χ2v) is 7.14. The lowest BCUT2D eigenvalue weighted by Gasteiger charge is -2.27. The first kappa shape index (κ1) is 20.3. The van der Waals surface area contributed by atoms with E-state index in [9.17, 15) is 0 Å². The van der Waals surface area contributed by atoms with Crippen molar-refractivity contribution in [3.63, 3.8) is 0 Å². The van der Waals surface area contributed by atoms with Gasteiger partial charge in [0.2, 0.25) is 0 Å². The van der Waals surface area contributed by atoms with Crippen LogP contribution in [0.4, 0.5) is 0 Å². The lowest BCUT2D eigenvalue weighted by molar-refractivity contribution is 0.220. The highest BCUT2D eigenvalue weighted by Crippen LogP contribution is 2.26. The predicted molar refractivity (Wildman–Crippen MR) is 113 cm³/mol. The van der Waals surface area contributed by atoms with Gasteiger partial charge in [-0.15, -0.1) is 0 Å². The molecule has 1 aromatic carbocycles. The number of rotatable bonds is 8. The van der Waals surface area contributed by atoms with Crippen molar-refractivity contribution in [1.29, 1.82) is 0 Å². The molecular weight excluding hydrogens is 352 g/mol. The van der Waals surface area contributed by atoms with Crippen LogP contribution in [0.5, 0.6) is 5.75 Å². The van der Waals surface area contributed by atoms with E-state index in [1.54, 1.807) is 13.4 Å². The summed E-state index contributed by atoms with van der Waals surface area (Å²) in [7, 11) is 3.77. The summed E-state index contributed by atoms with van der Waals surface area (Å²) in [5, 5.41) is 3.42. The van der Waals surface area contributed by atoms with Crippen LogP contribution in [-0.2, 0) is 6.54 Å². The van der Waals surface area contributed by atoms with Gasteiger partial charge < -0.3 is 19.4 Å². The Morgan fingerprint density at radius 2 is 2.04 bits per heavy atom. The molecule has 0 spiro atoms. The first-order valence-corrected chi connectivity index (χ1v) is 10.1. The lowest BCUT2D eigenvalue weighted by Crippen LogP contribution is -2.39. The Kier molecular flexibility index (Phi) is 7.37. The minimum atomic E-state index is 0.186. The van der Waals surface area contributed by atoms with Crippen LogP contribution < -0.4 is 10.1 Å². The molecule has 0 bridgehead atoms. The van der Waals surface area contributed by atoms with E-state index in [4.69, 9.17) is 14.1 Å². The van der Waals surface area contributed by atoms with Crippen LogP contribution in [0.1, 0.15) is 37.1 Å². The zero-order valence-electron chi connectivity index (χ0n) is 17.2. The molecule has 1 aliphatic rings. The zero-order valence-corrected chi connectivity index (χ0v) is 17.2. The number of nitrogens with zero attached hydrogens (tertiary/aromatic N) is 3. The topological polar surface area (TPSA) is 53.2 Å². The van der Waals surface area contributed by atoms with E-state index in [0.29, 0.717) is 6.54 Å². The molecular formula is C22H32N4O2. The van der Waals surface area contributed by atoms with Gasteiger partial charge in [0.25, 0.3) is 0 Å². The molecule has 1 unspecified atom stereocenters. The molecule has 152 valence electrons. The molecule has 2 aromatic rings. The van der Waals surface area contributed by atoms with Crippen molar-refractivity contribution in [3.8, 4) is 5.75 Å². The average molecular weight is 385 g/mol. The number of benzene rings is 1. The Morgan fingerprint density at radius 3 is 2.71 bits per heavy atom. The summed E-state index contributed by atoms with van der Waals surface area (Å²) in [5.74, 6) is 2.79. The van der Waals surface area contributed by atoms with Gasteiger partial charge in [-0.3, -0.25) is 9.89 Å². The Bertz CT molecular complexity index is 739. The highest BCUT2D eigenvalue weighted by molar-refractivity contribution is 5.79. The maximum atomic E-state index is 5.73. The van der Waals surface area contributed by atoms with E-state index in [1.165, 1.54) is 12.8 Å². The number of nitrogens with one attached hydrogen (secondary N) is 1. The SMILES string of the molecule is CCNC(=NCC(c1ccco1)N1CCCC1)N(C)Cc1ccccc1OC. The molecule has 1 atom stereocenters. The number of furan rings is 1. The number of hydrogen-bond acceptors (Lipinski definition) is 4. The molecule has 1 fully saturated rings. The van der Waals surface area contributed by atoms with Crippen LogP contribution in [-0.4, -0.2) is 56.1 Å². The van der Waals surface area contributed by atoms with Gasteiger partial charge >= 0.3 is 0 Å². The van der Waals surface area contributed by atoms with E-state index in [-0.39, 0.29) is 6.04 Å². The number of ether oxygens (including phenoxy) is 1. The Labute approximate surface area is 168 Å². The number of aliphatic imine (C=N–C) groups is 1. The molecule has 6 nitrogen and oxygen atoms in total. The molecule has 2 heterocycles. The molecule has 0 saturated carbocycles. The monoisotopic (exact) mass is 384 g/mol. The third-order valence-corrected chi connectivity index (χ3v) is 5.16. The van der Waals surface area contributed by atoms with Gasteiger partial charge in [0.1, 0.15) is 11.5 Å². The van der Waals surface area contributed by atoms with Crippen molar-refractivity contribution in [2.24, 2.45) is 4.99 Å². The summed E-state index contributed by atoms with van der Waals surface area (Å²) < 4.78 is 11.2. The van der Waals surface area contributed by atoms with Crippen molar-refractivity contribution in [1.82, 2.24) is 15.1 Å². The smallest absolute Gasteiger partial charge is 0.194 e. The van der Waals surface area contributed by atoms with Gasteiger partial charge in [-0.25, -0.2) is 0 Å². The molecule has 1 saturated heterocycles. The van der Waals surface area contributed by atoms with Crippen LogP contribution >= 0.6 is 0 Å². The first-order chi connectivity index (χ1) is 13.7. The summed E-state index contributed by atoms with van der Waals surface area (Å²) in [6.07, 6.45) is 4.24. The van der Waals surface area contributed by atoms with E-state index in [0.717, 1.165) is 49.2 Å². The fraction of sp³-hybridized carbons (Fsp3) is 0.500. The maximum absolute atomic E-state index is 5.73. The fourth-order valence-corrected chi connectivity index (χ4v) is 3.73. The van der Waals surface area contributed by atoms with Crippen molar-refractivity contribution in [2.75, 3.05) is 40.3 Å². The third kappa shape index (κ3) is 5.07. The van der Waals surface area contributed by atoms with Crippen LogP contribution in [0.2, 0.25) is 0 Å². The number of methoxy groups -OCH3 is 1. The van der Waals surface area contributed by atoms with Gasteiger partial charge in [-0.2, -0.15) is 0 Å². The van der Waals surface area contributed by atoms with Crippen LogP contribution in [0.15, 0.2) is 52.1 Å². The molecule has 0 aliphatic carbocycles. The van der Waals surface area contributed by atoms with E-state index in [1.807, 2.05) is 24.3 Å². The Hall–Kier alpha value is -2.47. The normalized spacial score (nSPS) is 16.2.